The van der Waals surface area contributed by atoms with Crippen LogP contribution in [-0.2, 0) is 0 Å². The lowest BCUT2D eigenvalue weighted by Crippen LogP contribution is -2.88. The van der Waals surface area contributed by atoms with Crippen LogP contribution in [0.1, 0.15) is 20.8 Å². The summed E-state index contributed by atoms with van der Waals surface area (Å²) in [6.45, 7) is 6.38. The maximum atomic E-state index is 3.63. The topological polar surface area (TPSA) is 16.6 Å². The third kappa shape index (κ3) is 3.96. The molecule has 0 amide bonds. The summed E-state index contributed by atoms with van der Waals surface area (Å²) >= 11 is 0. The van der Waals surface area contributed by atoms with Gasteiger partial charge in [-0.25, -0.2) is 0 Å². The average Bonchev–Trinajstić information content (AvgIpc) is 1.35. The number of hydrogen-bond donors (Lipinski definition) is 1. The molecule has 0 atom stereocenters. The van der Waals surface area contributed by atoms with Crippen LogP contribution in [-0.4, -0.2) is 5.54 Å². The van der Waals surface area contributed by atoms with Crippen molar-refractivity contribution in [3.8, 4) is 0 Å². The molecule has 0 heterocycles. The van der Waals surface area contributed by atoms with Crippen LogP contribution in [0, 0.1) is 7.05 Å². The largest absolute Gasteiger partial charge is 0.475 e. The monoisotopic (exact) mass is 87.1 g/mol. The molecule has 6 heavy (non-hydrogen) atoms. The molecule has 0 aromatic rings. The summed E-state index contributed by atoms with van der Waals surface area (Å²) in [5, 5.41) is 1.94. The Morgan fingerprint density at radius 2 is 1.50 bits per heavy atom. The van der Waals surface area contributed by atoms with E-state index < -0.39 is 0 Å². The van der Waals surface area contributed by atoms with E-state index in [9.17, 15) is 0 Å². The van der Waals surface area contributed by atoms with Crippen LogP contribution in [0.2, 0.25) is 0 Å². The highest BCUT2D eigenvalue weighted by Crippen LogP contribution is 1.86. The third-order valence-corrected chi connectivity index (χ3v) is 0.612. The summed E-state index contributed by atoms with van der Waals surface area (Å²) in [6, 6.07) is 0. The quantitative estimate of drug-likeness (QED) is 0.405. The predicted molar refractivity (Wildman–Crippen MR) is 27.0 cm³/mol. The maximum Gasteiger partial charge on any atom is 0.0637 e. The van der Waals surface area contributed by atoms with Gasteiger partial charge in [0.25, 0.3) is 0 Å². The summed E-state index contributed by atoms with van der Waals surface area (Å²) in [4.78, 5) is 0. The molecule has 1 nitrogen and oxygen atoms in total. The van der Waals surface area contributed by atoms with E-state index in [-0.39, 0.29) is 0 Å². The van der Waals surface area contributed by atoms with E-state index in [2.05, 4.69) is 27.8 Å². The number of quaternary nitrogens is 1. The molecule has 0 aliphatic rings. The van der Waals surface area contributed by atoms with Crippen molar-refractivity contribution in [2.24, 2.45) is 0 Å². The lowest BCUT2D eigenvalue weighted by atomic mass is 10.1. The number of hydrogen-bond acceptors (Lipinski definition) is 0. The standard InChI is InChI=1S/C5H13N/c1-5(2,3)6-4/h4,6H2,1-3H3. The Balaban J connectivity index is 3.17. The first-order valence-electron chi connectivity index (χ1n) is 2.20. The SMILES string of the molecule is [CH2-][NH2+]C(C)(C)C. The van der Waals surface area contributed by atoms with Gasteiger partial charge < -0.3 is 5.32 Å². The second kappa shape index (κ2) is 1.61. The van der Waals surface area contributed by atoms with Gasteiger partial charge in [0.15, 0.2) is 0 Å². The molecule has 1 heteroatoms. The third-order valence-electron chi connectivity index (χ3n) is 0.612. The van der Waals surface area contributed by atoms with Crippen molar-refractivity contribution in [2.75, 3.05) is 0 Å². The Morgan fingerprint density at radius 3 is 1.50 bits per heavy atom. The van der Waals surface area contributed by atoms with Crippen LogP contribution in [0.15, 0.2) is 0 Å². The van der Waals surface area contributed by atoms with Gasteiger partial charge >= 0.3 is 0 Å². The van der Waals surface area contributed by atoms with Crippen molar-refractivity contribution < 1.29 is 5.32 Å². The molecule has 0 aliphatic carbocycles. The predicted octanol–water partition coefficient (Wildman–Crippen LogP) is 0.140. The van der Waals surface area contributed by atoms with Crippen molar-refractivity contribution in [3.63, 3.8) is 0 Å². The molecule has 0 aromatic carbocycles. The van der Waals surface area contributed by atoms with Crippen LogP contribution < -0.4 is 5.32 Å². The van der Waals surface area contributed by atoms with E-state index in [1.807, 2.05) is 5.32 Å². The highest BCUT2D eigenvalue weighted by atomic mass is 14.9. The van der Waals surface area contributed by atoms with Crippen molar-refractivity contribution >= 4 is 0 Å². The van der Waals surface area contributed by atoms with Gasteiger partial charge in [-0.1, -0.05) is 0 Å². The first kappa shape index (κ1) is 5.96. The number of rotatable bonds is 0. The van der Waals surface area contributed by atoms with E-state index in [1.165, 1.54) is 0 Å². The van der Waals surface area contributed by atoms with Gasteiger partial charge in [0.2, 0.25) is 0 Å². The molecule has 0 aromatic heterocycles. The van der Waals surface area contributed by atoms with Gasteiger partial charge in [-0.2, -0.15) is 7.05 Å². The highest BCUT2D eigenvalue weighted by molar-refractivity contribution is 4.50. The summed E-state index contributed by atoms with van der Waals surface area (Å²) in [6.07, 6.45) is 0. The van der Waals surface area contributed by atoms with Crippen LogP contribution in [0.25, 0.3) is 0 Å². The molecule has 0 unspecified atom stereocenters. The molecular weight excluding hydrogens is 74.1 g/mol. The Labute approximate surface area is 39.7 Å². The molecule has 2 N–H and O–H groups in total. The second-order valence-electron chi connectivity index (χ2n) is 2.57. The van der Waals surface area contributed by atoms with E-state index in [0.717, 1.165) is 0 Å². The Morgan fingerprint density at radius 1 is 1.33 bits per heavy atom. The minimum atomic E-state index is 0.306. The van der Waals surface area contributed by atoms with Crippen molar-refractivity contribution in [1.82, 2.24) is 0 Å². The molecule has 0 spiro atoms. The average molecular weight is 87.2 g/mol. The van der Waals surface area contributed by atoms with Gasteiger partial charge in [-0.05, 0) is 20.8 Å². The molecule has 0 rings (SSSR count). The molecule has 0 radical (unpaired) electrons. The highest BCUT2D eigenvalue weighted by Gasteiger charge is 2.03. The molecule has 0 bridgehead atoms. The molecule has 38 valence electrons. The summed E-state index contributed by atoms with van der Waals surface area (Å²) in [7, 11) is 3.63. The second-order valence-corrected chi connectivity index (χ2v) is 2.57. The molecule has 0 aliphatic heterocycles. The minimum absolute atomic E-state index is 0.306. The fourth-order valence-corrected chi connectivity index (χ4v) is 0. The van der Waals surface area contributed by atoms with E-state index in [0.29, 0.717) is 5.54 Å². The van der Waals surface area contributed by atoms with Crippen molar-refractivity contribution in [1.29, 1.82) is 0 Å². The Kier molecular flexibility index (Phi) is 1.59. The van der Waals surface area contributed by atoms with Gasteiger partial charge in [0.05, 0.1) is 5.54 Å². The maximum absolute atomic E-state index is 3.63. The summed E-state index contributed by atoms with van der Waals surface area (Å²) < 4.78 is 0. The fraction of sp³-hybridized carbons (Fsp3) is 0.800. The van der Waals surface area contributed by atoms with Gasteiger partial charge in [0, 0.05) is 0 Å². The summed E-state index contributed by atoms with van der Waals surface area (Å²) in [5.41, 5.74) is 0.306. The van der Waals surface area contributed by atoms with Crippen molar-refractivity contribution in [3.05, 3.63) is 7.05 Å². The summed E-state index contributed by atoms with van der Waals surface area (Å²) in [5.74, 6) is 0. The van der Waals surface area contributed by atoms with Crippen LogP contribution in [0.3, 0.4) is 0 Å². The Bertz CT molecular complexity index is 33.7. The zero-order valence-corrected chi connectivity index (χ0v) is 4.78. The van der Waals surface area contributed by atoms with E-state index in [4.69, 9.17) is 0 Å². The molecule has 0 fully saturated rings. The van der Waals surface area contributed by atoms with E-state index >= 15 is 0 Å². The lowest BCUT2D eigenvalue weighted by Gasteiger charge is -2.16. The van der Waals surface area contributed by atoms with Gasteiger partial charge in [-0.3, -0.25) is 0 Å². The van der Waals surface area contributed by atoms with Gasteiger partial charge in [-0.15, -0.1) is 0 Å². The van der Waals surface area contributed by atoms with E-state index in [1.54, 1.807) is 0 Å². The van der Waals surface area contributed by atoms with Crippen molar-refractivity contribution in [2.45, 2.75) is 26.3 Å². The fourth-order valence-electron chi connectivity index (χ4n) is 0. The van der Waals surface area contributed by atoms with Crippen LogP contribution in [0.5, 0.6) is 0 Å². The zero-order chi connectivity index (χ0) is 5.21. The van der Waals surface area contributed by atoms with Crippen LogP contribution in [0.4, 0.5) is 0 Å². The van der Waals surface area contributed by atoms with Crippen LogP contribution >= 0.6 is 0 Å². The molecular formula is C5H13N. The molecule has 0 saturated heterocycles. The first-order chi connectivity index (χ1) is 2.56. The normalized spacial score (nSPS) is 12.0. The Hall–Kier alpha value is -0.0400. The lowest BCUT2D eigenvalue weighted by molar-refractivity contribution is -0.664. The zero-order valence-electron chi connectivity index (χ0n) is 4.78. The molecule has 0 saturated carbocycles. The number of nitrogens with two attached hydrogens (primary N) is 1. The minimum Gasteiger partial charge on any atom is -0.475 e. The van der Waals surface area contributed by atoms with Gasteiger partial charge in [0.1, 0.15) is 0 Å². The smallest absolute Gasteiger partial charge is 0.0637 e. The first-order valence-corrected chi connectivity index (χ1v) is 2.20.